The van der Waals surface area contributed by atoms with Crippen LogP contribution in [0.2, 0.25) is 0 Å². The van der Waals surface area contributed by atoms with Crippen molar-refractivity contribution in [2.45, 2.75) is 45.6 Å². The van der Waals surface area contributed by atoms with Crippen LogP contribution in [-0.4, -0.2) is 15.0 Å². The molecule has 1 fully saturated rings. The normalized spacial score (nSPS) is 14.5. The topological polar surface area (TPSA) is 99.1 Å². The van der Waals surface area contributed by atoms with Gasteiger partial charge in [-0.15, -0.1) is 0 Å². The van der Waals surface area contributed by atoms with Crippen molar-refractivity contribution in [1.82, 2.24) is 9.13 Å². The molecule has 138 valence electrons. The lowest BCUT2D eigenvalue weighted by molar-refractivity contribution is -0.119. The monoisotopic (exact) mass is 356 g/mol. The van der Waals surface area contributed by atoms with Crippen LogP contribution >= 0.6 is 0 Å². The Hall–Kier alpha value is -2.83. The van der Waals surface area contributed by atoms with E-state index in [0.717, 1.165) is 30.3 Å². The van der Waals surface area contributed by atoms with E-state index in [-0.39, 0.29) is 29.9 Å². The largest absolute Gasteiger partial charge is 0.383 e. The number of carbonyl (C=O) groups excluding carboxylic acids is 1. The second kappa shape index (κ2) is 7.59. The standard InChI is InChI=1S/C19H24N4O3/c1-2-12-22-18(25)15(21-17(24)13-8-6-7-9-13)16(20)23(19(22)26)14-10-4-3-5-11-14/h3-5,10-11,13H,2,6-9,12,20H2,1H3,(H,21,24). The van der Waals surface area contributed by atoms with E-state index in [1.807, 2.05) is 13.0 Å². The van der Waals surface area contributed by atoms with Crippen LogP contribution in [-0.2, 0) is 11.3 Å². The van der Waals surface area contributed by atoms with Crippen LogP contribution in [0.15, 0.2) is 39.9 Å². The molecule has 1 aromatic carbocycles. The molecule has 26 heavy (non-hydrogen) atoms. The summed E-state index contributed by atoms with van der Waals surface area (Å²) in [5.74, 6) is -0.344. The molecule has 0 bridgehead atoms. The Morgan fingerprint density at radius 2 is 1.85 bits per heavy atom. The molecule has 3 rings (SSSR count). The molecule has 0 saturated heterocycles. The average molecular weight is 356 g/mol. The first-order valence-corrected chi connectivity index (χ1v) is 9.06. The van der Waals surface area contributed by atoms with Gasteiger partial charge < -0.3 is 11.1 Å². The SMILES string of the molecule is CCCn1c(=O)c(NC(=O)C2CCCC2)c(N)n(-c2ccccc2)c1=O. The summed E-state index contributed by atoms with van der Waals surface area (Å²) in [6, 6.07) is 8.87. The molecule has 1 saturated carbocycles. The van der Waals surface area contributed by atoms with Gasteiger partial charge in [0.05, 0.1) is 5.69 Å². The van der Waals surface area contributed by atoms with Gasteiger partial charge in [0.25, 0.3) is 5.56 Å². The Bertz CT molecular complexity index is 909. The fourth-order valence-corrected chi connectivity index (χ4v) is 3.45. The highest BCUT2D eigenvalue weighted by Gasteiger charge is 2.26. The first-order chi connectivity index (χ1) is 12.5. The molecule has 1 aliphatic carbocycles. The quantitative estimate of drug-likeness (QED) is 0.857. The molecule has 1 aliphatic rings. The number of nitrogen functional groups attached to an aromatic ring is 1. The van der Waals surface area contributed by atoms with Gasteiger partial charge in [-0.05, 0) is 31.4 Å². The Morgan fingerprint density at radius 3 is 2.46 bits per heavy atom. The molecule has 0 unspecified atom stereocenters. The number of benzene rings is 1. The zero-order valence-corrected chi connectivity index (χ0v) is 14.9. The molecule has 2 aromatic rings. The van der Waals surface area contributed by atoms with Crippen molar-refractivity contribution in [1.29, 1.82) is 0 Å². The van der Waals surface area contributed by atoms with Gasteiger partial charge >= 0.3 is 5.69 Å². The van der Waals surface area contributed by atoms with E-state index in [2.05, 4.69) is 5.32 Å². The molecule has 0 spiro atoms. The van der Waals surface area contributed by atoms with Gasteiger partial charge in [-0.2, -0.15) is 0 Å². The van der Waals surface area contributed by atoms with Crippen molar-refractivity contribution in [2.75, 3.05) is 11.1 Å². The highest BCUT2D eigenvalue weighted by atomic mass is 16.2. The summed E-state index contributed by atoms with van der Waals surface area (Å²) in [6.45, 7) is 2.14. The van der Waals surface area contributed by atoms with E-state index in [4.69, 9.17) is 5.73 Å². The lowest BCUT2D eigenvalue weighted by Crippen LogP contribution is -2.42. The van der Waals surface area contributed by atoms with E-state index in [1.54, 1.807) is 24.3 Å². The number of hydrogen-bond donors (Lipinski definition) is 2. The Morgan fingerprint density at radius 1 is 1.19 bits per heavy atom. The second-order valence-corrected chi connectivity index (χ2v) is 6.64. The van der Waals surface area contributed by atoms with E-state index < -0.39 is 11.2 Å². The molecule has 0 aliphatic heterocycles. The zero-order chi connectivity index (χ0) is 18.7. The molecular formula is C19H24N4O3. The van der Waals surface area contributed by atoms with E-state index in [0.29, 0.717) is 12.1 Å². The predicted octanol–water partition coefficient (Wildman–Crippen LogP) is 2.12. The van der Waals surface area contributed by atoms with Gasteiger partial charge in [0.2, 0.25) is 5.91 Å². The third kappa shape index (κ3) is 3.29. The van der Waals surface area contributed by atoms with Crippen LogP contribution in [0.3, 0.4) is 0 Å². The number of rotatable bonds is 5. The van der Waals surface area contributed by atoms with E-state index in [1.165, 1.54) is 4.57 Å². The van der Waals surface area contributed by atoms with Crippen molar-refractivity contribution >= 4 is 17.4 Å². The minimum absolute atomic E-state index is 0.0150. The minimum atomic E-state index is -0.548. The summed E-state index contributed by atoms with van der Waals surface area (Å²) in [6.07, 6.45) is 4.26. The van der Waals surface area contributed by atoms with E-state index >= 15 is 0 Å². The smallest absolute Gasteiger partial charge is 0.337 e. The van der Waals surface area contributed by atoms with Crippen molar-refractivity contribution in [3.05, 3.63) is 51.2 Å². The second-order valence-electron chi connectivity index (χ2n) is 6.64. The van der Waals surface area contributed by atoms with Crippen LogP contribution in [0.5, 0.6) is 0 Å². The molecule has 1 aromatic heterocycles. The van der Waals surface area contributed by atoms with Gasteiger partial charge in [-0.25, -0.2) is 9.36 Å². The van der Waals surface area contributed by atoms with Gasteiger partial charge in [0.1, 0.15) is 11.5 Å². The maximum atomic E-state index is 12.8. The lowest BCUT2D eigenvalue weighted by atomic mass is 10.1. The first kappa shape index (κ1) is 18.0. The Kier molecular flexibility index (Phi) is 5.25. The summed E-state index contributed by atoms with van der Waals surface area (Å²) < 4.78 is 2.41. The molecule has 7 heteroatoms. The van der Waals surface area contributed by atoms with Crippen molar-refractivity contribution < 1.29 is 4.79 Å². The zero-order valence-electron chi connectivity index (χ0n) is 14.9. The fraction of sp³-hybridized carbons (Fsp3) is 0.421. The third-order valence-corrected chi connectivity index (χ3v) is 4.81. The summed E-state index contributed by atoms with van der Waals surface area (Å²) >= 11 is 0. The molecule has 3 N–H and O–H groups in total. The molecule has 1 amide bonds. The first-order valence-electron chi connectivity index (χ1n) is 9.06. The third-order valence-electron chi connectivity index (χ3n) is 4.81. The van der Waals surface area contributed by atoms with Crippen LogP contribution in [0, 0.1) is 5.92 Å². The van der Waals surface area contributed by atoms with E-state index in [9.17, 15) is 14.4 Å². The number of hydrogen-bond acceptors (Lipinski definition) is 4. The Balaban J connectivity index is 2.14. The lowest BCUT2D eigenvalue weighted by Gasteiger charge is -2.18. The number of nitrogens with two attached hydrogens (primary N) is 1. The Labute approximate surface area is 151 Å². The summed E-state index contributed by atoms with van der Waals surface area (Å²) in [7, 11) is 0. The predicted molar refractivity (Wildman–Crippen MR) is 102 cm³/mol. The maximum Gasteiger partial charge on any atom is 0.337 e. The van der Waals surface area contributed by atoms with Crippen molar-refractivity contribution in [3.8, 4) is 5.69 Å². The average Bonchev–Trinajstić information content (AvgIpc) is 3.18. The highest BCUT2D eigenvalue weighted by Crippen LogP contribution is 2.26. The molecule has 0 atom stereocenters. The molecular weight excluding hydrogens is 332 g/mol. The molecule has 1 heterocycles. The van der Waals surface area contributed by atoms with Gasteiger partial charge in [0.15, 0.2) is 0 Å². The fourth-order valence-electron chi connectivity index (χ4n) is 3.45. The summed E-state index contributed by atoms with van der Waals surface area (Å²) in [5.41, 5.74) is 5.65. The molecule has 0 radical (unpaired) electrons. The maximum absolute atomic E-state index is 12.8. The van der Waals surface area contributed by atoms with Crippen LogP contribution in [0.25, 0.3) is 5.69 Å². The van der Waals surface area contributed by atoms with Crippen LogP contribution in [0.1, 0.15) is 39.0 Å². The minimum Gasteiger partial charge on any atom is -0.383 e. The number of nitrogens with one attached hydrogen (secondary N) is 1. The number of anilines is 2. The summed E-state index contributed by atoms with van der Waals surface area (Å²) in [5, 5.41) is 2.70. The van der Waals surface area contributed by atoms with Gasteiger partial charge in [0, 0.05) is 12.5 Å². The highest BCUT2D eigenvalue weighted by molar-refractivity contribution is 5.94. The van der Waals surface area contributed by atoms with Crippen molar-refractivity contribution in [3.63, 3.8) is 0 Å². The van der Waals surface area contributed by atoms with Crippen LogP contribution < -0.4 is 22.3 Å². The summed E-state index contributed by atoms with van der Waals surface area (Å²) in [4.78, 5) is 38.1. The number of amides is 1. The van der Waals surface area contributed by atoms with Gasteiger partial charge in [-0.1, -0.05) is 38.0 Å². The van der Waals surface area contributed by atoms with Gasteiger partial charge in [-0.3, -0.25) is 14.2 Å². The number of carbonyl (C=O) groups is 1. The number of aromatic nitrogens is 2. The van der Waals surface area contributed by atoms with Crippen LogP contribution in [0.4, 0.5) is 11.5 Å². The number of para-hydroxylation sites is 1. The molecule has 7 nitrogen and oxygen atoms in total. The van der Waals surface area contributed by atoms with Crippen molar-refractivity contribution in [2.24, 2.45) is 5.92 Å². The number of nitrogens with zero attached hydrogens (tertiary/aromatic N) is 2.